The Morgan fingerprint density at radius 1 is 1.55 bits per heavy atom. The molecule has 2 rings (SSSR count). The fraction of sp³-hybridized carbons (Fsp3) is 0.533. The summed E-state index contributed by atoms with van der Waals surface area (Å²) < 4.78 is 4.84. The number of carbonyl (C=O) groups is 1. The quantitative estimate of drug-likeness (QED) is 0.684. The van der Waals surface area contributed by atoms with Crippen molar-refractivity contribution in [1.82, 2.24) is 0 Å². The van der Waals surface area contributed by atoms with E-state index in [0.29, 0.717) is 22.2 Å². The molecule has 1 aromatic rings. The van der Waals surface area contributed by atoms with Crippen LogP contribution in [0.15, 0.2) is 12.1 Å². The van der Waals surface area contributed by atoms with E-state index in [9.17, 15) is 4.79 Å². The molecule has 0 amide bonds. The first-order valence-electron chi connectivity index (χ1n) is 6.99. The molecule has 20 heavy (non-hydrogen) atoms. The summed E-state index contributed by atoms with van der Waals surface area (Å²) in [6, 6.07) is 3.33. The number of nitrogen functional groups attached to an aromatic ring is 1. The molecule has 2 N–H and O–H groups in total. The smallest absolute Gasteiger partial charge is 0.340 e. The van der Waals surface area contributed by atoms with E-state index in [1.54, 1.807) is 12.1 Å². The second-order valence-electron chi connectivity index (χ2n) is 5.28. The number of nitrogens with two attached hydrogens (primary N) is 1. The third-order valence-electron chi connectivity index (χ3n) is 3.79. The molecule has 1 aromatic carbocycles. The normalized spacial score (nSPS) is 18.4. The Labute approximate surface area is 124 Å². The first kappa shape index (κ1) is 15.0. The number of benzene rings is 1. The highest BCUT2D eigenvalue weighted by molar-refractivity contribution is 6.34. The average Bonchev–Trinajstić information content (AvgIpc) is 2.85. The topological polar surface area (TPSA) is 55.6 Å². The molecule has 0 aliphatic carbocycles. The number of halogens is 1. The Hall–Kier alpha value is -1.42. The van der Waals surface area contributed by atoms with Crippen molar-refractivity contribution < 1.29 is 9.53 Å². The second-order valence-corrected chi connectivity index (χ2v) is 5.69. The van der Waals surface area contributed by atoms with Crippen molar-refractivity contribution in [3.63, 3.8) is 0 Å². The fourth-order valence-corrected chi connectivity index (χ4v) is 3.23. The van der Waals surface area contributed by atoms with Gasteiger partial charge in [-0.25, -0.2) is 4.79 Å². The van der Waals surface area contributed by atoms with Crippen LogP contribution in [-0.2, 0) is 4.74 Å². The summed E-state index contributed by atoms with van der Waals surface area (Å²) in [5.74, 6) is 0.271. The van der Waals surface area contributed by atoms with Crippen molar-refractivity contribution in [2.75, 3.05) is 30.8 Å². The number of anilines is 2. The molecule has 110 valence electrons. The van der Waals surface area contributed by atoms with Crippen molar-refractivity contribution >= 4 is 28.9 Å². The van der Waals surface area contributed by atoms with Gasteiger partial charge in [-0.15, -0.1) is 0 Å². The van der Waals surface area contributed by atoms with E-state index in [-0.39, 0.29) is 0 Å². The average molecular weight is 297 g/mol. The summed E-state index contributed by atoms with van der Waals surface area (Å²) in [5, 5.41) is 0.516. The molecule has 1 aliphatic heterocycles. The van der Waals surface area contributed by atoms with Gasteiger partial charge < -0.3 is 15.4 Å². The predicted molar refractivity (Wildman–Crippen MR) is 82.4 cm³/mol. The van der Waals surface area contributed by atoms with Crippen LogP contribution in [0.1, 0.15) is 36.5 Å². The zero-order valence-electron chi connectivity index (χ0n) is 12.0. The number of carbonyl (C=O) groups excluding carboxylic acids is 1. The van der Waals surface area contributed by atoms with Gasteiger partial charge in [-0.2, -0.15) is 0 Å². The summed E-state index contributed by atoms with van der Waals surface area (Å²) in [6.45, 7) is 4.04. The number of nitrogens with zero attached hydrogens (tertiary/aromatic N) is 1. The van der Waals surface area contributed by atoms with Crippen LogP contribution in [0.25, 0.3) is 0 Å². The Kier molecular flexibility index (Phi) is 4.76. The van der Waals surface area contributed by atoms with Crippen LogP contribution in [0.2, 0.25) is 5.02 Å². The lowest BCUT2D eigenvalue weighted by molar-refractivity contribution is 0.0601. The van der Waals surface area contributed by atoms with Gasteiger partial charge in [0.15, 0.2) is 0 Å². The Morgan fingerprint density at radius 3 is 2.95 bits per heavy atom. The summed E-state index contributed by atoms with van der Waals surface area (Å²) in [7, 11) is 1.37. The van der Waals surface area contributed by atoms with Crippen molar-refractivity contribution in [2.45, 2.75) is 26.2 Å². The number of hydrogen-bond acceptors (Lipinski definition) is 4. The molecule has 1 heterocycles. The van der Waals surface area contributed by atoms with Gasteiger partial charge >= 0.3 is 5.97 Å². The Morgan fingerprint density at radius 2 is 2.30 bits per heavy atom. The minimum Gasteiger partial charge on any atom is -0.465 e. The molecule has 1 saturated heterocycles. The van der Waals surface area contributed by atoms with E-state index in [1.165, 1.54) is 20.0 Å². The van der Waals surface area contributed by atoms with Crippen LogP contribution in [0.4, 0.5) is 11.4 Å². The molecule has 0 radical (unpaired) electrons. The molecule has 4 nitrogen and oxygen atoms in total. The highest BCUT2D eigenvalue weighted by atomic mass is 35.5. The maximum atomic E-state index is 11.9. The number of methoxy groups -OCH3 is 1. The molecule has 1 aliphatic rings. The van der Waals surface area contributed by atoms with E-state index in [1.807, 2.05) is 0 Å². The maximum Gasteiger partial charge on any atom is 0.340 e. The molecule has 1 fully saturated rings. The number of esters is 1. The molecular formula is C15H21ClN2O2. The Balaban J connectivity index is 2.33. The Bertz CT molecular complexity index is 505. The van der Waals surface area contributed by atoms with Crippen LogP contribution in [0, 0.1) is 5.92 Å². The lowest BCUT2D eigenvalue weighted by Crippen LogP contribution is -2.23. The van der Waals surface area contributed by atoms with Gasteiger partial charge in [0.2, 0.25) is 0 Å². The minimum absolute atomic E-state index is 0.395. The molecule has 0 saturated carbocycles. The third-order valence-corrected chi connectivity index (χ3v) is 4.08. The lowest BCUT2D eigenvalue weighted by atomic mass is 10.0. The van der Waals surface area contributed by atoms with E-state index < -0.39 is 5.97 Å². The molecule has 1 unspecified atom stereocenters. The standard InChI is InChI=1S/C15H21ClN2O2/c1-3-4-10-5-6-18(9-10)14-12(15(19)20-2)7-11(17)8-13(14)16/h7-8,10H,3-6,9,17H2,1-2H3. The van der Waals surface area contributed by atoms with Gasteiger partial charge in [0.25, 0.3) is 0 Å². The van der Waals surface area contributed by atoms with Gasteiger partial charge in [-0.1, -0.05) is 24.9 Å². The number of rotatable bonds is 4. The predicted octanol–water partition coefficient (Wildman–Crippen LogP) is 3.34. The summed E-state index contributed by atoms with van der Waals surface area (Å²) >= 11 is 6.31. The summed E-state index contributed by atoms with van der Waals surface area (Å²) in [6.07, 6.45) is 3.52. The number of ether oxygens (including phenoxy) is 1. The largest absolute Gasteiger partial charge is 0.465 e. The molecule has 0 spiro atoms. The maximum absolute atomic E-state index is 11.9. The van der Waals surface area contributed by atoms with Crippen LogP contribution in [-0.4, -0.2) is 26.2 Å². The second kappa shape index (κ2) is 6.35. The fourth-order valence-electron chi connectivity index (χ4n) is 2.89. The van der Waals surface area contributed by atoms with Crippen molar-refractivity contribution in [1.29, 1.82) is 0 Å². The van der Waals surface area contributed by atoms with E-state index in [0.717, 1.165) is 25.2 Å². The highest BCUT2D eigenvalue weighted by Gasteiger charge is 2.27. The first-order chi connectivity index (χ1) is 9.56. The molecule has 5 heteroatoms. The van der Waals surface area contributed by atoms with Crippen LogP contribution in [0.5, 0.6) is 0 Å². The number of hydrogen-bond donors (Lipinski definition) is 1. The van der Waals surface area contributed by atoms with Gasteiger partial charge in [0, 0.05) is 18.8 Å². The van der Waals surface area contributed by atoms with E-state index in [4.69, 9.17) is 22.1 Å². The lowest BCUT2D eigenvalue weighted by Gasteiger charge is -2.23. The summed E-state index contributed by atoms with van der Waals surface area (Å²) in [4.78, 5) is 14.1. The highest BCUT2D eigenvalue weighted by Crippen LogP contribution is 2.36. The zero-order valence-corrected chi connectivity index (χ0v) is 12.7. The first-order valence-corrected chi connectivity index (χ1v) is 7.36. The van der Waals surface area contributed by atoms with E-state index in [2.05, 4.69) is 11.8 Å². The van der Waals surface area contributed by atoms with Crippen LogP contribution >= 0.6 is 11.6 Å². The monoisotopic (exact) mass is 296 g/mol. The van der Waals surface area contributed by atoms with Crippen molar-refractivity contribution in [3.8, 4) is 0 Å². The molecule has 1 atom stereocenters. The van der Waals surface area contributed by atoms with E-state index >= 15 is 0 Å². The zero-order chi connectivity index (χ0) is 14.7. The SMILES string of the molecule is CCCC1CCN(c2c(Cl)cc(N)cc2C(=O)OC)C1. The summed E-state index contributed by atoms with van der Waals surface area (Å²) in [5.41, 5.74) is 7.47. The van der Waals surface area contributed by atoms with Gasteiger partial charge in [-0.3, -0.25) is 0 Å². The molecule has 0 bridgehead atoms. The third kappa shape index (κ3) is 3.01. The van der Waals surface area contributed by atoms with Crippen LogP contribution in [0.3, 0.4) is 0 Å². The minimum atomic E-state index is -0.395. The van der Waals surface area contributed by atoms with Gasteiger partial charge in [0.05, 0.1) is 23.4 Å². The molecular weight excluding hydrogens is 276 g/mol. The van der Waals surface area contributed by atoms with Crippen molar-refractivity contribution in [3.05, 3.63) is 22.7 Å². The molecule has 0 aromatic heterocycles. The van der Waals surface area contributed by atoms with Gasteiger partial charge in [0.1, 0.15) is 0 Å². The van der Waals surface area contributed by atoms with Crippen molar-refractivity contribution in [2.24, 2.45) is 5.92 Å². The van der Waals surface area contributed by atoms with Crippen LogP contribution < -0.4 is 10.6 Å². The van der Waals surface area contributed by atoms with Gasteiger partial charge in [-0.05, 0) is 30.9 Å².